The molecule has 110 valence electrons. The molecule has 0 aromatic heterocycles. The molecule has 0 saturated carbocycles. The van der Waals surface area contributed by atoms with E-state index in [1.807, 2.05) is 0 Å². The fourth-order valence-corrected chi connectivity index (χ4v) is 2.46. The van der Waals surface area contributed by atoms with E-state index in [4.69, 9.17) is 21.1 Å². The van der Waals surface area contributed by atoms with E-state index in [0.29, 0.717) is 42.7 Å². The number of hydrogen-bond acceptors (Lipinski definition) is 3. The minimum atomic E-state index is -0.107. The van der Waals surface area contributed by atoms with Crippen LogP contribution in [0.5, 0.6) is 11.5 Å². The van der Waals surface area contributed by atoms with E-state index >= 15 is 0 Å². The summed E-state index contributed by atoms with van der Waals surface area (Å²) >= 11 is 5.75. The fraction of sp³-hybridized carbons (Fsp3) is 0.533. The Hall–Kier alpha value is -1.42. The number of ether oxygens (including phenoxy) is 2. The maximum absolute atomic E-state index is 12.1. The minimum absolute atomic E-state index is 0.00870. The van der Waals surface area contributed by atoms with Crippen LogP contribution in [0.15, 0.2) is 18.2 Å². The smallest absolute Gasteiger partial charge is 0.251 e. The number of rotatable bonds is 5. The van der Waals surface area contributed by atoms with E-state index in [0.717, 1.165) is 6.42 Å². The lowest BCUT2D eigenvalue weighted by molar-refractivity contribution is 0.0934. The van der Waals surface area contributed by atoms with Crippen molar-refractivity contribution >= 4 is 17.5 Å². The van der Waals surface area contributed by atoms with Gasteiger partial charge in [-0.25, -0.2) is 0 Å². The fourth-order valence-electron chi connectivity index (χ4n) is 1.95. The monoisotopic (exact) mass is 297 g/mol. The average molecular weight is 298 g/mol. The molecule has 1 aromatic rings. The molecule has 0 atom stereocenters. The van der Waals surface area contributed by atoms with Crippen LogP contribution in [0, 0.1) is 5.41 Å². The summed E-state index contributed by atoms with van der Waals surface area (Å²) in [6, 6.07) is 5.24. The van der Waals surface area contributed by atoms with Gasteiger partial charge in [-0.3, -0.25) is 4.79 Å². The number of halogens is 1. The minimum Gasteiger partial charge on any atom is -0.486 e. The Morgan fingerprint density at radius 1 is 1.30 bits per heavy atom. The lowest BCUT2D eigenvalue weighted by Gasteiger charge is -2.24. The van der Waals surface area contributed by atoms with Gasteiger partial charge in [-0.15, -0.1) is 11.6 Å². The van der Waals surface area contributed by atoms with Crippen molar-refractivity contribution in [3.8, 4) is 11.5 Å². The first-order valence-electron chi connectivity index (χ1n) is 6.76. The van der Waals surface area contributed by atoms with Gasteiger partial charge in [-0.05, 0) is 30.0 Å². The predicted octanol–water partition coefficient (Wildman–Crippen LogP) is 2.84. The van der Waals surface area contributed by atoms with Crippen molar-refractivity contribution in [2.75, 3.05) is 25.6 Å². The number of hydrogen-bond donors (Lipinski definition) is 1. The molecule has 0 radical (unpaired) electrons. The molecule has 1 aromatic carbocycles. The van der Waals surface area contributed by atoms with E-state index in [9.17, 15) is 4.79 Å². The third-order valence-electron chi connectivity index (χ3n) is 3.30. The van der Waals surface area contributed by atoms with Gasteiger partial charge in [0.25, 0.3) is 5.91 Å². The molecule has 1 aliphatic heterocycles. The standard InChI is InChI=1S/C15H20ClNO3/c1-15(2,5-6-16)10-17-14(18)11-3-4-12-13(9-11)20-8-7-19-12/h3-4,9H,5-8,10H2,1-2H3,(H,17,18). The summed E-state index contributed by atoms with van der Waals surface area (Å²) in [5.74, 6) is 1.80. The summed E-state index contributed by atoms with van der Waals surface area (Å²) in [4.78, 5) is 12.1. The lowest BCUT2D eigenvalue weighted by Crippen LogP contribution is -2.34. The van der Waals surface area contributed by atoms with E-state index in [-0.39, 0.29) is 11.3 Å². The molecule has 0 spiro atoms. The zero-order valence-corrected chi connectivity index (χ0v) is 12.6. The molecule has 0 bridgehead atoms. The van der Waals surface area contributed by atoms with Crippen LogP contribution < -0.4 is 14.8 Å². The van der Waals surface area contributed by atoms with Crippen LogP contribution in [0.25, 0.3) is 0 Å². The second kappa shape index (κ2) is 6.35. The van der Waals surface area contributed by atoms with Crippen LogP contribution in [-0.2, 0) is 0 Å². The highest BCUT2D eigenvalue weighted by atomic mass is 35.5. The topological polar surface area (TPSA) is 47.6 Å². The summed E-state index contributed by atoms with van der Waals surface area (Å²) in [6.07, 6.45) is 0.857. The quantitative estimate of drug-likeness (QED) is 0.850. The third kappa shape index (κ3) is 3.79. The van der Waals surface area contributed by atoms with Gasteiger partial charge in [0, 0.05) is 18.0 Å². The molecule has 0 saturated heterocycles. The van der Waals surface area contributed by atoms with Crippen LogP contribution in [0.4, 0.5) is 0 Å². The Morgan fingerprint density at radius 3 is 2.70 bits per heavy atom. The van der Waals surface area contributed by atoms with Crippen molar-refractivity contribution in [1.29, 1.82) is 0 Å². The number of carbonyl (C=O) groups excluding carboxylic acids is 1. The molecular formula is C15H20ClNO3. The molecule has 1 aliphatic rings. The first-order valence-corrected chi connectivity index (χ1v) is 7.29. The van der Waals surface area contributed by atoms with Crippen LogP contribution in [0.1, 0.15) is 30.6 Å². The van der Waals surface area contributed by atoms with Crippen molar-refractivity contribution in [3.63, 3.8) is 0 Å². The van der Waals surface area contributed by atoms with Crippen LogP contribution in [0.2, 0.25) is 0 Å². The highest BCUT2D eigenvalue weighted by Crippen LogP contribution is 2.30. The van der Waals surface area contributed by atoms with Crippen molar-refractivity contribution in [2.45, 2.75) is 20.3 Å². The maximum Gasteiger partial charge on any atom is 0.251 e. The van der Waals surface area contributed by atoms with Crippen LogP contribution in [-0.4, -0.2) is 31.5 Å². The molecule has 20 heavy (non-hydrogen) atoms. The summed E-state index contributed by atoms with van der Waals surface area (Å²) in [7, 11) is 0. The van der Waals surface area contributed by atoms with Crippen molar-refractivity contribution in [3.05, 3.63) is 23.8 Å². The first kappa shape index (κ1) is 15.0. The third-order valence-corrected chi connectivity index (χ3v) is 3.49. The van der Waals surface area contributed by atoms with Gasteiger partial charge < -0.3 is 14.8 Å². The van der Waals surface area contributed by atoms with E-state index < -0.39 is 0 Å². The van der Waals surface area contributed by atoms with Crippen molar-refractivity contribution in [2.24, 2.45) is 5.41 Å². The summed E-state index contributed by atoms with van der Waals surface area (Å²) < 4.78 is 10.9. The van der Waals surface area contributed by atoms with Gasteiger partial charge >= 0.3 is 0 Å². The van der Waals surface area contributed by atoms with Gasteiger partial charge in [-0.1, -0.05) is 13.8 Å². The molecule has 1 amide bonds. The first-order chi connectivity index (χ1) is 9.52. The van der Waals surface area contributed by atoms with Crippen molar-refractivity contribution < 1.29 is 14.3 Å². The van der Waals surface area contributed by atoms with E-state index in [2.05, 4.69) is 19.2 Å². The second-order valence-corrected chi connectivity index (χ2v) is 6.02. The molecule has 2 rings (SSSR count). The zero-order chi connectivity index (χ0) is 14.6. The predicted molar refractivity (Wildman–Crippen MR) is 78.9 cm³/mol. The number of carbonyl (C=O) groups is 1. The van der Waals surface area contributed by atoms with Crippen LogP contribution in [0.3, 0.4) is 0 Å². The molecule has 1 heterocycles. The number of fused-ring (bicyclic) bond motifs is 1. The van der Waals surface area contributed by atoms with Gasteiger partial charge in [0.2, 0.25) is 0 Å². The molecule has 0 aliphatic carbocycles. The normalized spacial score (nSPS) is 13.9. The SMILES string of the molecule is CC(C)(CCCl)CNC(=O)c1ccc2c(c1)OCCO2. The average Bonchev–Trinajstić information content (AvgIpc) is 2.44. The molecule has 5 heteroatoms. The highest BCUT2D eigenvalue weighted by Gasteiger charge is 2.20. The Morgan fingerprint density at radius 2 is 2.00 bits per heavy atom. The molecular weight excluding hydrogens is 278 g/mol. The Kier molecular flexibility index (Phi) is 4.76. The summed E-state index contributed by atoms with van der Waals surface area (Å²) in [6.45, 7) is 5.82. The van der Waals surface area contributed by atoms with Gasteiger partial charge in [0.15, 0.2) is 11.5 Å². The largest absolute Gasteiger partial charge is 0.486 e. The van der Waals surface area contributed by atoms with Crippen molar-refractivity contribution in [1.82, 2.24) is 5.32 Å². The highest BCUT2D eigenvalue weighted by molar-refractivity contribution is 6.17. The number of amides is 1. The Balaban J connectivity index is 1.99. The Bertz CT molecular complexity index is 488. The van der Waals surface area contributed by atoms with E-state index in [1.54, 1.807) is 18.2 Å². The number of benzene rings is 1. The number of alkyl halides is 1. The molecule has 0 unspecified atom stereocenters. The zero-order valence-electron chi connectivity index (χ0n) is 11.9. The summed E-state index contributed by atoms with van der Waals surface area (Å²) in [5, 5.41) is 2.94. The lowest BCUT2D eigenvalue weighted by atomic mass is 9.90. The number of nitrogens with one attached hydrogen (secondary N) is 1. The molecule has 4 nitrogen and oxygen atoms in total. The molecule has 1 N–H and O–H groups in total. The van der Waals surface area contributed by atoms with Crippen LogP contribution >= 0.6 is 11.6 Å². The van der Waals surface area contributed by atoms with Gasteiger partial charge in [0.1, 0.15) is 13.2 Å². The second-order valence-electron chi connectivity index (χ2n) is 5.64. The molecule has 0 fully saturated rings. The van der Waals surface area contributed by atoms with E-state index in [1.165, 1.54) is 0 Å². The Labute approximate surface area is 124 Å². The van der Waals surface area contributed by atoms with Gasteiger partial charge in [-0.2, -0.15) is 0 Å². The van der Waals surface area contributed by atoms with Gasteiger partial charge in [0.05, 0.1) is 0 Å². The maximum atomic E-state index is 12.1. The summed E-state index contributed by atoms with van der Waals surface area (Å²) in [5.41, 5.74) is 0.571.